The Bertz CT molecular complexity index is 1100. The van der Waals surface area contributed by atoms with Crippen molar-refractivity contribution in [3.63, 3.8) is 0 Å². The topological polar surface area (TPSA) is 69.7 Å². The van der Waals surface area contributed by atoms with Crippen molar-refractivity contribution in [3.05, 3.63) is 59.7 Å². The van der Waals surface area contributed by atoms with Gasteiger partial charge in [0, 0.05) is 31.9 Å². The van der Waals surface area contributed by atoms with Gasteiger partial charge >= 0.3 is 6.18 Å². The van der Waals surface area contributed by atoms with E-state index < -0.39 is 27.8 Å². The van der Waals surface area contributed by atoms with E-state index in [-0.39, 0.29) is 29.8 Å². The standard InChI is InChI=1S/C23H28F3N3O3S/c1-16(2)20-9-4-5-10-21(20)27-22(30)17(3)28-11-13-29(14-12-28)33(31,32)19-8-6-7-18(15-19)23(24,25)26/h4-10,15-17H,11-14H2,1-3H3,(H,27,30)/t17-/m1/s1. The quantitative estimate of drug-likeness (QED) is 0.670. The molecule has 1 N–H and O–H groups in total. The number of nitrogens with zero attached hydrogens (tertiary/aromatic N) is 2. The van der Waals surface area contributed by atoms with Crippen LogP contribution in [-0.4, -0.2) is 55.8 Å². The van der Waals surface area contributed by atoms with E-state index in [0.717, 1.165) is 27.7 Å². The van der Waals surface area contributed by atoms with Gasteiger partial charge in [0.2, 0.25) is 15.9 Å². The van der Waals surface area contributed by atoms with Crippen molar-refractivity contribution in [1.29, 1.82) is 0 Å². The van der Waals surface area contributed by atoms with Gasteiger partial charge in [0.25, 0.3) is 0 Å². The molecule has 6 nitrogen and oxygen atoms in total. The molecular weight excluding hydrogens is 455 g/mol. The second kappa shape index (κ2) is 9.82. The zero-order chi connectivity index (χ0) is 24.4. The summed E-state index contributed by atoms with van der Waals surface area (Å²) in [6, 6.07) is 10.8. The molecule has 10 heteroatoms. The van der Waals surface area contributed by atoms with Gasteiger partial charge in [-0.15, -0.1) is 0 Å². The van der Waals surface area contributed by atoms with Crippen molar-refractivity contribution >= 4 is 21.6 Å². The maximum atomic E-state index is 13.0. The van der Waals surface area contributed by atoms with Crippen molar-refractivity contribution in [2.24, 2.45) is 0 Å². The highest BCUT2D eigenvalue weighted by Gasteiger charge is 2.35. The summed E-state index contributed by atoms with van der Waals surface area (Å²) < 4.78 is 65.9. The molecule has 0 aromatic heterocycles. The van der Waals surface area contributed by atoms with Crippen molar-refractivity contribution in [3.8, 4) is 0 Å². The number of benzene rings is 2. The molecule has 3 rings (SSSR count). The molecular formula is C23H28F3N3O3S. The molecule has 1 heterocycles. The average molecular weight is 484 g/mol. The number of piperazine rings is 1. The molecule has 1 atom stereocenters. The fourth-order valence-corrected chi connectivity index (χ4v) is 5.30. The SMILES string of the molecule is CC(C)c1ccccc1NC(=O)[C@@H](C)N1CCN(S(=O)(=O)c2cccc(C(F)(F)F)c2)CC1. The number of carbonyl (C=O) groups is 1. The zero-order valence-electron chi connectivity index (χ0n) is 18.8. The summed E-state index contributed by atoms with van der Waals surface area (Å²) in [5.41, 5.74) is 0.763. The first-order valence-corrected chi connectivity index (χ1v) is 12.2. The van der Waals surface area contributed by atoms with Gasteiger partial charge in [0.1, 0.15) is 0 Å². The van der Waals surface area contributed by atoms with Crippen LogP contribution in [0.3, 0.4) is 0 Å². The molecule has 2 aromatic carbocycles. The number of hydrogen-bond acceptors (Lipinski definition) is 4. The number of amides is 1. The van der Waals surface area contributed by atoms with E-state index in [2.05, 4.69) is 5.32 Å². The maximum absolute atomic E-state index is 13.0. The number of anilines is 1. The van der Waals surface area contributed by atoms with Gasteiger partial charge in [-0.2, -0.15) is 17.5 Å². The van der Waals surface area contributed by atoms with E-state index >= 15 is 0 Å². The number of nitrogens with one attached hydrogen (secondary N) is 1. The summed E-state index contributed by atoms with van der Waals surface area (Å²) in [6.45, 7) is 6.58. The Balaban J connectivity index is 1.65. The van der Waals surface area contributed by atoms with E-state index in [9.17, 15) is 26.4 Å². The lowest BCUT2D eigenvalue weighted by Gasteiger charge is -2.36. The minimum Gasteiger partial charge on any atom is -0.324 e. The van der Waals surface area contributed by atoms with Crippen molar-refractivity contribution in [2.75, 3.05) is 31.5 Å². The summed E-state index contributed by atoms with van der Waals surface area (Å²) in [7, 11) is -4.07. The number of carbonyl (C=O) groups excluding carboxylic acids is 1. The smallest absolute Gasteiger partial charge is 0.324 e. The van der Waals surface area contributed by atoms with Crippen LogP contribution < -0.4 is 5.32 Å². The third-order valence-corrected chi connectivity index (χ3v) is 7.73. The monoisotopic (exact) mass is 483 g/mol. The van der Waals surface area contributed by atoms with Gasteiger partial charge in [0.15, 0.2) is 0 Å². The fraction of sp³-hybridized carbons (Fsp3) is 0.435. The molecule has 33 heavy (non-hydrogen) atoms. The van der Waals surface area contributed by atoms with E-state index in [0.29, 0.717) is 19.2 Å². The number of halogens is 3. The van der Waals surface area contributed by atoms with Crippen LogP contribution in [0.15, 0.2) is 53.4 Å². The predicted molar refractivity (Wildman–Crippen MR) is 120 cm³/mol. The number of hydrogen-bond donors (Lipinski definition) is 1. The van der Waals surface area contributed by atoms with Crippen molar-refractivity contribution in [1.82, 2.24) is 9.21 Å². The Hall–Kier alpha value is -2.43. The molecule has 2 aromatic rings. The molecule has 1 saturated heterocycles. The van der Waals surface area contributed by atoms with E-state index in [1.807, 2.05) is 43.0 Å². The average Bonchev–Trinajstić information content (AvgIpc) is 2.78. The third kappa shape index (κ3) is 5.74. The molecule has 0 radical (unpaired) electrons. The summed E-state index contributed by atoms with van der Waals surface area (Å²) in [6.07, 6.45) is -4.62. The van der Waals surface area contributed by atoms with Crippen LogP contribution >= 0.6 is 0 Å². The van der Waals surface area contributed by atoms with Crippen LogP contribution in [0.4, 0.5) is 18.9 Å². The molecule has 1 aliphatic heterocycles. The second-order valence-corrected chi connectivity index (χ2v) is 10.3. The van der Waals surface area contributed by atoms with Gasteiger partial charge in [-0.1, -0.05) is 38.1 Å². The van der Waals surface area contributed by atoms with E-state index in [1.165, 1.54) is 6.07 Å². The largest absolute Gasteiger partial charge is 0.416 e. The van der Waals surface area contributed by atoms with Gasteiger partial charge < -0.3 is 5.32 Å². The Kier molecular flexibility index (Phi) is 7.50. The van der Waals surface area contributed by atoms with Crippen LogP contribution in [0.2, 0.25) is 0 Å². The first-order chi connectivity index (χ1) is 15.4. The maximum Gasteiger partial charge on any atom is 0.416 e. The normalized spacial score (nSPS) is 17.2. The Labute approximate surface area is 192 Å². The summed E-state index contributed by atoms with van der Waals surface area (Å²) in [4.78, 5) is 14.3. The molecule has 0 bridgehead atoms. The summed E-state index contributed by atoms with van der Waals surface area (Å²) in [5, 5.41) is 2.96. The lowest BCUT2D eigenvalue weighted by atomic mass is 10.0. The molecule has 0 unspecified atom stereocenters. The van der Waals surface area contributed by atoms with Crippen LogP contribution in [0.5, 0.6) is 0 Å². The molecule has 0 spiro atoms. The van der Waals surface area contributed by atoms with Crippen LogP contribution in [0.1, 0.15) is 37.8 Å². The minimum absolute atomic E-state index is 0.0821. The minimum atomic E-state index is -4.62. The Morgan fingerprint density at radius 2 is 1.61 bits per heavy atom. The molecule has 0 aliphatic carbocycles. The molecule has 1 amide bonds. The van der Waals surface area contributed by atoms with E-state index in [1.54, 1.807) is 6.92 Å². The second-order valence-electron chi connectivity index (χ2n) is 8.37. The van der Waals surface area contributed by atoms with Gasteiger partial charge in [-0.05, 0) is 42.7 Å². The number of rotatable bonds is 6. The molecule has 180 valence electrons. The summed E-state index contributed by atoms with van der Waals surface area (Å²) in [5.74, 6) is 0.0405. The first-order valence-electron chi connectivity index (χ1n) is 10.7. The predicted octanol–water partition coefficient (Wildman–Crippen LogP) is 4.16. The molecule has 1 aliphatic rings. The highest BCUT2D eigenvalue weighted by atomic mass is 32.2. The lowest BCUT2D eigenvalue weighted by molar-refractivity contribution is -0.137. The number of para-hydroxylation sites is 1. The molecule has 0 saturated carbocycles. The number of alkyl halides is 3. The van der Waals surface area contributed by atoms with E-state index in [4.69, 9.17) is 0 Å². The van der Waals surface area contributed by atoms with Gasteiger partial charge in [-0.25, -0.2) is 8.42 Å². The third-order valence-electron chi connectivity index (χ3n) is 5.84. The van der Waals surface area contributed by atoms with Crippen molar-refractivity contribution in [2.45, 2.75) is 43.8 Å². The van der Waals surface area contributed by atoms with Gasteiger partial charge in [0.05, 0.1) is 16.5 Å². The Morgan fingerprint density at radius 1 is 0.970 bits per heavy atom. The van der Waals surface area contributed by atoms with Crippen molar-refractivity contribution < 1.29 is 26.4 Å². The van der Waals surface area contributed by atoms with Crippen LogP contribution in [0.25, 0.3) is 0 Å². The summed E-state index contributed by atoms with van der Waals surface area (Å²) >= 11 is 0. The Morgan fingerprint density at radius 3 is 2.21 bits per heavy atom. The fourth-order valence-electron chi connectivity index (χ4n) is 3.83. The highest BCUT2D eigenvalue weighted by molar-refractivity contribution is 7.89. The highest BCUT2D eigenvalue weighted by Crippen LogP contribution is 2.31. The number of sulfonamides is 1. The molecule has 1 fully saturated rings. The first kappa shape index (κ1) is 25.2. The van der Waals surface area contributed by atoms with Crippen LogP contribution in [-0.2, 0) is 21.0 Å². The van der Waals surface area contributed by atoms with Gasteiger partial charge in [-0.3, -0.25) is 9.69 Å². The zero-order valence-corrected chi connectivity index (χ0v) is 19.6. The lowest BCUT2D eigenvalue weighted by Crippen LogP contribution is -2.53. The van der Waals surface area contributed by atoms with Crippen LogP contribution in [0, 0.1) is 0 Å².